The van der Waals surface area contributed by atoms with Gasteiger partial charge < -0.3 is 19.5 Å². The number of anilines is 1. The van der Waals surface area contributed by atoms with Crippen molar-refractivity contribution in [3.8, 4) is 17.2 Å². The SMILES string of the molecule is COc1cccc([C@H]2C(C(=O)Nc3ccccc3)=C(C)N=c3s/c(=C\c4cc(Cl)c(OCc5ccc([N+](=O)[O-])cc5)c(OC)c4)c(=O)n32)c1. The van der Waals surface area contributed by atoms with Crippen LogP contribution in [-0.4, -0.2) is 29.6 Å². The summed E-state index contributed by atoms with van der Waals surface area (Å²) >= 11 is 7.84. The number of hydrogen-bond acceptors (Lipinski definition) is 9. The smallest absolute Gasteiger partial charge is 0.271 e. The van der Waals surface area contributed by atoms with Crippen LogP contribution in [0.5, 0.6) is 17.2 Å². The molecule has 248 valence electrons. The summed E-state index contributed by atoms with van der Waals surface area (Å²) in [6.07, 6.45) is 1.68. The number of benzene rings is 4. The van der Waals surface area contributed by atoms with E-state index >= 15 is 0 Å². The predicted molar refractivity (Wildman–Crippen MR) is 187 cm³/mol. The van der Waals surface area contributed by atoms with Crippen LogP contribution in [0.15, 0.2) is 112 Å². The van der Waals surface area contributed by atoms with Gasteiger partial charge in [-0.1, -0.05) is 53.3 Å². The van der Waals surface area contributed by atoms with Crippen LogP contribution in [-0.2, 0) is 11.4 Å². The number of thiazole rings is 1. The summed E-state index contributed by atoms with van der Waals surface area (Å²) in [5.41, 5.74) is 3.01. The number of nitrogens with zero attached hydrogens (tertiary/aromatic N) is 3. The molecule has 1 aromatic heterocycles. The van der Waals surface area contributed by atoms with Gasteiger partial charge in [0.05, 0.1) is 46.0 Å². The minimum Gasteiger partial charge on any atom is -0.497 e. The normalized spacial score (nSPS) is 14.1. The molecule has 1 aliphatic rings. The highest BCUT2D eigenvalue weighted by Crippen LogP contribution is 2.37. The zero-order valence-electron chi connectivity index (χ0n) is 26.5. The third-order valence-corrected chi connectivity index (χ3v) is 9.05. The molecule has 0 spiro atoms. The van der Waals surface area contributed by atoms with Gasteiger partial charge in [-0.3, -0.25) is 24.3 Å². The molecule has 1 atom stereocenters. The number of fused-ring (bicyclic) bond motifs is 1. The fraction of sp³-hybridized carbons (Fsp3) is 0.139. The zero-order chi connectivity index (χ0) is 34.7. The number of halogens is 1. The van der Waals surface area contributed by atoms with Gasteiger partial charge in [0.25, 0.3) is 17.2 Å². The van der Waals surface area contributed by atoms with Crippen LogP contribution < -0.4 is 34.4 Å². The Morgan fingerprint density at radius 1 is 1.04 bits per heavy atom. The van der Waals surface area contributed by atoms with Crippen LogP contribution in [0.1, 0.15) is 29.7 Å². The van der Waals surface area contributed by atoms with Crippen LogP contribution in [0.25, 0.3) is 6.08 Å². The molecule has 6 rings (SSSR count). The number of nitrogens with one attached hydrogen (secondary N) is 1. The molecule has 0 fully saturated rings. The van der Waals surface area contributed by atoms with Gasteiger partial charge in [-0.2, -0.15) is 0 Å². The summed E-state index contributed by atoms with van der Waals surface area (Å²) in [5.74, 6) is 0.812. The minimum atomic E-state index is -0.787. The summed E-state index contributed by atoms with van der Waals surface area (Å²) in [7, 11) is 3.03. The molecule has 0 bridgehead atoms. The van der Waals surface area contributed by atoms with E-state index in [0.717, 1.165) is 0 Å². The number of ether oxygens (including phenoxy) is 3. The second-order valence-corrected chi connectivity index (χ2v) is 12.3. The molecule has 49 heavy (non-hydrogen) atoms. The largest absolute Gasteiger partial charge is 0.497 e. The monoisotopic (exact) mass is 696 g/mol. The standard InChI is InChI=1S/C36H29ClN4O7S/c1-21-31(34(42)39-25-9-5-4-6-10-25)32(24-8-7-11-27(19-24)46-2)40-35(43)30(49-36(40)38-21)18-23-16-28(37)33(29(17-23)47-3)48-20-22-12-14-26(15-13-22)41(44)45/h4-19,32H,20H2,1-3H3,(H,39,42)/b30-18-/t32-/m0/s1. The number of nitro groups is 1. The van der Waals surface area contributed by atoms with Crippen LogP contribution in [0.2, 0.25) is 5.02 Å². The van der Waals surface area contributed by atoms with Crippen molar-refractivity contribution in [1.82, 2.24) is 4.57 Å². The van der Waals surface area contributed by atoms with Gasteiger partial charge in [-0.05, 0) is 78.2 Å². The van der Waals surface area contributed by atoms with Gasteiger partial charge >= 0.3 is 0 Å². The molecule has 1 N–H and O–H groups in total. The van der Waals surface area contributed by atoms with Crippen LogP contribution in [0.4, 0.5) is 11.4 Å². The lowest BCUT2D eigenvalue weighted by atomic mass is 9.95. The summed E-state index contributed by atoms with van der Waals surface area (Å²) in [6, 6.07) is 24.9. The lowest BCUT2D eigenvalue weighted by Crippen LogP contribution is -2.40. The molecule has 4 aromatic carbocycles. The first-order valence-corrected chi connectivity index (χ1v) is 16.1. The highest BCUT2D eigenvalue weighted by molar-refractivity contribution is 7.07. The van der Waals surface area contributed by atoms with Crippen molar-refractivity contribution in [2.45, 2.75) is 19.6 Å². The summed E-state index contributed by atoms with van der Waals surface area (Å²) in [5, 5.41) is 14.2. The van der Waals surface area contributed by atoms with Gasteiger partial charge in [0, 0.05) is 17.8 Å². The molecule has 1 amide bonds. The van der Waals surface area contributed by atoms with Crippen LogP contribution in [0, 0.1) is 10.1 Å². The second kappa shape index (κ2) is 14.2. The Kier molecular flexibility index (Phi) is 9.61. The van der Waals surface area contributed by atoms with Gasteiger partial charge in [0.2, 0.25) is 0 Å². The second-order valence-electron chi connectivity index (χ2n) is 10.9. The van der Waals surface area contributed by atoms with Crippen molar-refractivity contribution in [2.75, 3.05) is 19.5 Å². The van der Waals surface area contributed by atoms with Crippen molar-refractivity contribution < 1.29 is 23.9 Å². The number of nitro benzene ring substituents is 1. The molecule has 13 heteroatoms. The van der Waals surface area contributed by atoms with Crippen molar-refractivity contribution in [3.63, 3.8) is 0 Å². The Balaban J connectivity index is 1.38. The first-order chi connectivity index (χ1) is 23.7. The molecular weight excluding hydrogens is 668 g/mol. The number of amides is 1. The van der Waals surface area contributed by atoms with Gasteiger partial charge in [-0.15, -0.1) is 0 Å². The van der Waals surface area contributed by atoms with E-state index in [1.165, 1.54) is 35.1 Å². The number of rotatable bonds is 10. The molecule has 0 saturated carbocycles. The maximum absolute atomic E-state index is 14.2. The maximum Gasteiger partial charge on any atom is 0.271 e. The number of carbonyl (C=O) groups excluding carboxylic acids is 1. The van der Waals surface area contributed by atoms with Crippen LogP contribution in [0.3, 0.4) is 0 Å². The highest BCUT2D eigenvalue weighted by Gasteiger charge is 2.33. The average molecular weight is 697 g/mol. The van der Waals surface area contributed by atoms with Gasteiger partial charge in [0.1, 0.15) is 12.4 Å². The average Bonchev–Trinajstić information content (AvgIpc) is 3.40. The third kappa shape index (κ3) is 6.96. The van der Waals surface area contributed by atoms with E-state index in [1.54, 1.807) is 68.6 Å². The molecule has 11 nitrogen and oxygen atoms in total. The lowest BCUT2D eigenvalue weighted by molar-refractivity contribution is -0.384. The minimum absolute atomic E-state index is 0.0225. The van der Waals surface area contributed by atoms with Gasteiger partial charge in [0.15, 0.2) is 16.3 Å². The van der Waals surface area contributed by atoms with Crippen LogP contribution >= 0.6 is 22.9 Å². The molecule has 5 aromatic rings. The number of carbonyl (C=O) groups is 1. The maximum atomic E-state index is 14.2. The summed E-state index contributed by atoms with van der Waals surface area (Å²) in [4.78, 5) is 43.6. The Bertz CT molecular complexity index is 2280. The number of hydrogen-bond donors (Lipinski definition) is 1. The topological polar surface area (TPSA) is 134 Å². The molecule has 0 radical (unpaired) electrons. The Morgan fingerprint density at radius 2 is 1.80 bits per heavy atom. The van der Waals surface area contributed by atoms with E-state index in [-0.39, 0.29) is 34.5 Å². The number of non-ortho nitro benzene ring substituents is 1. The number of methoxy groups -OCH3 is 2. The van der Waals surface area contributed by atoms with E-state index < -0.39 is 11.0 Å². The zero-order valence-corrected chi connectivity index (χ0v) is 28.1. The number of allylic oxidation sites excluding steroid dienone is 1. The summed E-state index contributed by atoms with van der Waals surface area (Å²) in [6.45, 7) is 1.85. The molecule has 0 saturated heterocycles. The first kappa shape index (κ1) is 33.2. The first-order valence-electron chi connectivity index (χ1n) is 14.9. The third-order valence-electron chi connectivity index (χ3n) is 7.79. The molecule has 0 aliphatic carbocycles. The highest BCUT2D eigenvalue weighted by atomic mass is 35.5. The van der Waals surface area contributed by atoms with Gasteiger partial charge in [-0.25, -0.2) is 4.99 Å². The fourth-order valence-electron chi connectivity index (χ4n) is 5.44. The van der Waals surface area contributed by atoms with E-state index in [2.05, 4.69) is 5.32 Å². The fourth-order valence-corrected chi connectivity index (χ4v) is 6.76. The van der Waals surface area contributed by atoms with Crippen molar-refractivity contribution in [3.05, 3.63) is 154 Å². The Morgan fingerprint density at radius 3 is 2.49 bits per heavy atom. The Hall–Kier alpha value is -5.72. The molecule has 0 unspecified atom stereocenters. The van der Waals surface area contributed by atoms with Crippen molar-refractivity contribution in [1.29, 1.82) is 0 Å². The summed E-state index contributed by atoms with van der Waals surface area (Å²) < 4.78 is 18.9. The van der Waals surface area contributed by atoms with Crippen molar-refractivity contribution >= 4 is 46.3 Å². The predicted octanol–water partition coefficient (Wildman–Crippen LogP) is 6.03. The van der Waals surface area contributed by atoms with E-state index in [0.29, 0.717) is 54.5 Å². The molecule has 1 aliphatic heterocycles. The molecular formula is C36H29ClN4O7S. The molecule has 2 heterocycles. The Labute approximate surface area is 289 Å². The van der Waals surface area contributed by atoms with E-state index in [9.17, 15) is 19.7 Å². The number of aromatic nitrogens is 1. The number of para-hydroxylation sites is 1. The lowest BCUT2D eigenvalue weighted by Gasteiger charge is -2.25. The van der Waals surface area contributed by atoms with Crippen molar-refractivity contribution in [2.24, 2.45) is 4.99 Å². The van der Waals surface area contributed by atoms with E-state index in [4.69, 9.17) is 30.8 Å². The quantitative estimate of drug-likeness (QED) is 0.139. The van der Waals surface area contributed by atoms with E-state index in [1.807, 2.05) is 30.3 Å².